The number of nitrogens with one attached hydrogen (secondary N) is 1. The second kappa shape index (κ2) is 7.91. The van der Waals surface area contributed by atoms with Gasteiger partial charge in [0.15, 0.2) is 0 Å². The molecule has 0 aliphatic rings. The van der Waals surface area contributed by atoms with Gasteiger partial charge in [0.05, 0.1) is 0 Å². The van der Waals surface area contributed by atoms with E-state index in [1.54, 1.807) is 0 Å². The monoisotopic (exact) mass is 289 g/mol. The highest BCUT2D eigenvalue weighted by atomic mass is 35.5. The summed E-state index contributed by atoms with van der Waals surface area (Å²) in [5, 5.41) is 5.10. The number of carbonyl (C=O) groups excluding carboxylic acids is 1. The molecule has 0 spiro atoms. The molecule has 1 amide bonds. The van der Waals surface area contributed by atoms with Crippen LogP contribution in [0.25, 0.3) is 10.8 Å². The Bertz CT molecular complexity index is 562. The second-order valence-corrected chi connectivity index (χ2v) is 5.26. The standard InChI is InChI=1S/C17H20ClNO/c18-12-5-1-2-6-13-19-17(20)16-11-7-9-14-8-3-4-10-15(14)16/h3-4,7-11H,1-2,5-6,12-13H2,(H,19,20). The predicted molar refractivity (Wildman–Crippen MR) is 85.5 cm³/mol. The minimum atomic E-state index is 0.0131. The third-order valence-electron chi connectivity index (χ3n) is 3.38. The van der Waals surface area contributed by atoms with E-state index in [4.69, 9.17) is 11.6 Å². The first kappa shape index (κ1) is 14.9. The van der Waals surface area contributed by atoms with Gasteiger partial charge in [0.1, 0.15) is 0 Å². The molecule has 0 bridgehead atoms. The van der Waals surface area contributed by atoms with E-state index in [0.717, 1.165) is 54.4 Å². The first-order chi connectivity index (χ1) is 9.83. The Labute approximate surface area is 125 Å². The lowest BCUT2D eigenvalue weighted by molar-refractivity contribution is 0.0954. The van der Waals surface area contributed by atoms with E-state index in [2.05, 4.69) is 5.32 Å². The van der Waals surface area contributed by atoms with Crippen LogP contribution in [0.5, 0.6) is 0 Å². The van der Waals surface area contributed by atoms with Crippen LogP contribution in [-0.2, 0) is 0 Å². The summed E-state index contributed by atoms with van der Waals surface area (Å²) in [6.07, 6.45) is 4.31. The summed E-state index contributed by atoms with van der Waals surface area (Å²) in [6, 6.07) is 13.8. The SMILES string of the molecule is O=C(NCCCCCCCl)c1cccc2ccccc12. The van der Waals surface area contributed by atoms with Crippen molar-refractivity contribution in [3.05, 3.63) is 48.0 Å². The van der Waals surface area contributed by atoms with Crippen molar-refractivity contribution < 1.29 is 4.79 Å². The average molecular weight is 290 g/mol. The van der Waals surface area contributed by atoms with Crippen molar-refractivity contribution >= 4 is 28.3 Å². The summed E-state index contributed by atoms with van der Waals surface area (Å²) in [7, 11) is 0. The fraction of sp³-hybridized carbons (Fsp3) is 0.353. The highest BCUT2D eigenvalue weighted by Gasteiger charge is 2.08. The van der Waals surface area contributed by atoms with Gasteiger partial charge in [0.2, 0.25) is 0 Å². The summed E-state index contributed by atoms with van der Waals surface area (Å²) in [4.78, 5) is 12.2. The van der Waals surface area contributed by atoms with Gasteiger partial charge >= 0.3 is 0 Å². The molecule has 2 rings (SSSR count). The maximum absolute atomic E-state index is 12.2. The molecule has 2 nitrogen and oxygen atoms in total. The molecule has 0 aromatic heterocycles. The number of amides is 1. The first-order valence-corrected chi connectivity index (χ1v) is 7.68. The number of hydrogen-bond donors (Lipinski definition) is 1. The number of fused-ring (bicyclic) bond motifs is 1. The van der Waals surface area contributed by atoms with Crippen molar-refractivity contribution in [1.29, 1.82) is 0 Å². The summed E-state index contributed by atoms with van der Waals surface area (Å²) in [6.45, 7) is 0.727. The normalized spacial score (nSPS) is 10.7. The van der Waals surface area contributed by atoms with Crippen LogP contribution in [0.4, 0.5) is 0 Å². The van der Waals surface area contributed by atoms with E-state index in [0.29, 0.717) is 0 Å². The number of unbranched alkanes of at least 4 members (excludes halogenated alkanes) is 3. The van der Waals surface area contributed by atoms with Gasteiger partial charge in [-0.1, -0.05) is 49.2 Å². The maximum Gasteiger partial charge on any atom is 0.251 e. The first-order valence-electron chi connectivity index (χ1n) is 7.15. The summed E-state index contributed by atoms with van der Waals surface area (Å²) in [5.74, 6) is 0.738. The molecule has 0 unspecified atom stereocenters. The van der Waals surface area contributed by atoms with Crippen LogP contribution in [-0.4, -0.2) is 18.3 Å². The Morgan fingerprint density at radius 1 is 0.950 bits per heavy atom. The Morgan fingerprint density at radius 2 is 1.70 bits per heavy atom. The number of carbonyl (C=O) groups is 1. The van der Waals surface area contributed by atoms with Crippen LogP contribution in [0.2, 0.25) is 0 Å². The largest absolute Gasteiger partial charge is 0.352 e. The molecule has 0 saturated carbocycles. The molecule has 106 valence electrons. The minimum Gasteiger partial charge on any atom is -0.352 e. The summed E-state index contributed by atoms with van der Waals surface area (Å²) in [5.41, 5.74) is 0.754. The number of benzene rings is 2. The van der Waals surface area contributed by atoms with Crippen molar-refractivity contribution in [3.8, 4) is 0 Å². The van der Waals surface area contributed by atoms with E-state index >= 15 is 0 Å². The van der Waals surface area contributed by atoms with Crippen molar-refractivity contribution in [2.45, 2.75) is 25.7 Å². The molecule has 0 heterocycles. The maximum atomic E-state index is 12.2. The molecule has 0 aliphatic heterocycles. The Hall–Kier alpha value is -1.54. The van der Waals surface area contributed by atoms with E-state index in [1.807, 2.05) is 42.5 Å². The lowest BCUT2D eigenvalue weighted by Gasteiger charge is -2.08. The number of alkyl halides is 1. The number of rotatable bonds is 7. The second-order valence-electron chi connectivity index (χ2n) is 4.89. The predicted octanol–water partition coefficient (Wildman–Crippen LogP) is 4.37. The number of halogens is 1. The smallest absolute Gasteiger partial charge is 0.251 e. The average Bonchev–Trinajstić information content (AvgIpc) is 2.50. The molecule has 1 N–H and O–H groups in total. The fourth-order valence-corrected chi connectivity index (χ4v) is 2.48. The van der Waals surface area contributed by atoms with Crippen molar-refractivity contribution in [2.75, 3.05) is 12.4 Å². The Kier molecular flexibility index (Phi) is 5.87. The van der Waals surface area contributed by atoms with Crippen molar-refractivity contribution in [1.82, 2.24) is 5.32 Å². The zero-order valence-corrected chi connectivity index (χ0v) is 12.3. The third kappa shape index (κ3) is 3.97. The molecular weight excluding hydrogens is 270 g/mol. The van der Waals surface area contributed by atoms with Crippen LogP contribution < -0.4 is 5.32 Å². The Balaban J connectivity index is 1.91. The van der Waals surface area contributed by atoms with Gasteiger partial charge in [-0.3, -0.25) is 4.79 Å². The van der Waals surface area contributed by atoms with Gasteiger partial charge in [-0.05, 0) is 29.7 Å². The van der Waals surface area contributed by atoms with Gasteiger partial charge in [0, 0.05) is 18.0 Å². The third-order valence-corrected chi connectivity index (χ3v) is 3.65. The molecule has 0 saturated heterocycles. The van der Waals surface area contributed by atoms with Crippen LogP contribution in [0.15, 0.2) is 42.5 Å². The summed E-state index contributed by atoms with van der Waals surface area (Å²) < 4.78 is 0. The molecular formula is C17H20ClNO. The highest BCUT2D eigenvalue weighted by molar-refractivity contribution is 6.17. The van der Waals surface area contributed by atoms with Crippen LogP contribution in [0.1, 0.15) is 36.0 Å². The van der Waals surface area contributed by atoms with Gasteiger partial charge < -0.3 is 5.32 Å². The Morgan fingerprint density at radius 3 is 2.55 bits per heavy atom. The van der Waals surface area contributed by atoms with E-state index in [1.165, 1.54) is 0 Å². The summed E-state index contributed by atoms with van der Waals surface area (Å²) >= 11 is 5.63. The number of hydrogen-bond acceptors (Lipinski definition) is 1. The highest BCUT2D eigenvalue weighted by Crippen LogP contribution is 2.18. The van der Waals surface area contributed by atoms with Crippen LogP contribution in [0, 0.1) is 0 Å². The zero-order chi connectivity index (χ0) is 14.2. The molecule has 20 heavy (non-hydrogen) atoms. The van der Waals surface area contributed by atoms with E-state index in [-0.39, 0.29) is 5.91 Å². The molecule has 2 aromatic rings. The molecule has 2 aromatic carbocycles. The van der Waals surface area contributed by atoms with E-state index < -0.39 is 0 Å². The lowest BCUT2D eigenvalue weighted by atomic mass is 10.0. The molecule has 0 aliphatic carbocycles. The fourth-order valence-electron chi connectivity index (χ4n) is 2.29. The quantitative estimate of drug-likeness (QED) is 0.595. The van der Waals surface area contributed by atoms with E-state index in [9.17, 15) is 4.79 Å². The van der Waals surface area contributed by atoms with Crippen molar-refractivity contribution in [2.24, 2.45) is 0 Å². The van der Waals surface area contributed by atoms with Gasteiger partial charge in [-0.25, -0.2) is 0 Å². The van der Waals surface area contributed by atoms with Crippen LogP contribution in [0.3, 0.4) is 0 Å². The topological polar surface area (TPSA) is 29.1 Å². The molecule has 0 atom stereocenters. The zero-order valence-electron chi connectivity index (χ0n) is 11.6. The van der Waals surface area contributed by atoms with Gasteiger partial charge in [0.25, 0.3) is 5.91 Å². The molecule has 0 radical (unpaired) electrons. The van der Waals surface area contributed by atoms with Crippen molar-refractivity contribution in [3.63, 3.8) is 0 Å². The lowest BCUT2D eigenvalue weighted by Crippen LogP contribution is -2.24. The van der Waals surface area contributed by atoms with Crippen LogP contribution >= 0.6 is 11.6 Å². The van der Waals surface area contributed by atoms with Gasteiger partial charge in [-0.2, -0.15) is 0 Å². The van der Waals surface area contributed by atoms with Gasteiger partial charge in [-0.15, -0.1) is 11.6 Å². The molecule has 0 fully saturated rings. The molecule has 3 heteroatoms. The minimum absolute atomic E-state index is 0.0131.